The van der Waals surface area contributed by atoms with Crippen LogP contribution < -0.4 is 5.32 Å². The van der Waals surface area contributed by atoms with Crippen LogP contribution in [0.15, 0.2) is 18.2 Å². The molecule has 1 saturated heterocycles. The second-order valence-corrected chi connectivity index (χ2v) is 4.58. The minimum atomic E-state index is 0.379. The van der Waals surface area contributed by atoms with Crippen LogP contribution in [-0.4, -0.2) is 35.8 Å². The van der Waals surface area contributed by atoms with Gasteiger partial charge in [-0.05, 0) is 18.6 Å². The zero-order chi connectivity index (χ0) is 11.7. The van der Waals surface area contributed by atoms with Crippen molar-refractivity contribution in [2.75, 3.05) is 19.8 Å². The fourth-order valence-corrected chi connectivity index (χ4v) is 2.31. The van der Waals surface area contributed by atoms with Crippen molar-refractivity contribution in [3.8, 4) is 0 Å². The number of H-pyrrole nitrogens is 1. The first-order chi connectivity index (χ1) is 8.33. The summed E-state index contributed by atoms with van der Waals surface area (Å²) in [5, 5.41) is 3.44. The standard InChI is InChI=1S/C13H17N3O/c1-9-3-2-4-11-13(9)16-12(15-11)7-10-8-17-6-5-14-10/h2-4,10,14H,5-8H2,1H3,(H,15,16). The van der Waals surface area contributed by atoms with Crippen LogP contribution in [0.1, 0.15) is 11.4 Å². The Morgan fingerprint density at radius 2 is 2.41 bits per heavy atom. The van der Waals surface area contributed by atoms with E-state index in [2.05, 4.69) is 40.4 Å². The van der Waals surface area contributed by atoms with Gasteiger partial charge in [0, 0.05) is 19.0 Å². The number of hydrogen-bond donors (Lipinski definition) is 2. The summed E-state index contributed by atoms with van der Waals surface area (Å²) in [5.74, 6) is 1.04. The van der Waals surface area contributed by atoms with Gasteiger partial charge >= 0.3 is 0 Å². The van der Waals surface area contributed by atoms with Crippen LogP contribution in [-0.2, 0) is 11.2 Å². The molecule has 1 aliphatic heterocycles. The number of fused-ring (bicyclic) bond motifs is 1. The van der Waals surface area contributed by atoms with E-state index in [9.17, 15) is 0 Å². The Labute approximate surface area is 100 Å². The van der Waals surface area contributed by atoms with Crippen molar-refractivity contribution in [3.05, 3.63) is 29.6 Å². The van der Waals surface area contributed by atoms with Crippen molar-refractivity contribution in [1.82, 2.24) is 15.3 Å². The van der Waals surface area contributed by atoms with Crippen molar-refractivity contribution < 1.29 is 4.74 Å². The molecule has 0 radical (unpaired) electrons. The smallest absolute Gasteiger partial charge is 0.108 e. The lowest BCUT2D eigenvalue weighted by Crippen LogP contribution is -2.42. The molecule has 2 heterocycles. The number of hydrogen-bond acceptors (Lipinski definition) is 3. The summed E-state index contributed by atoms with van der Waals surface area (Å²) in [4.78, 5) is 8.03. The number of ether oxygens (including phenoxy) is 1. The average Bonchev–Trinajstić information content (AvgIpc) is 2.74. The Morgan fingerprint density at radius 3 is 3.18 bits per heavy atom. The van der Waals surface area contributed by atoms with Gasteiger partial charge in [0.05, 0.1) is 24.2 Å². The molecule has 1 atom stereocenters. The van der Waals surface area contributed by atoms with E-state index in [1.807, 2.05) is 0 Å². The van der Waals surface area contributed by atoms with E-state index in [4.69, 9.17) is 4.74 Å². The Bertz CT molecular complexity index is 514. The number of rotatable bonds is 2. The predicted octanol–water partition coefficient (Wildman–Crippen LogP) is 1.40. The van der Waals surface area contributed by atoms with Gasteiger partial charge in [0.25, 0.3) is 0 Å². The van der Waals surface area contributed by atoms with Gasteiger partial charge in [-0.2, -0.15) is 0 Å². The Kier molecular flexibility index (Phi) is 2.82. The molecule has 1 fully saturated rings. The molecule has 1 unspecified atom stereocenters. The van der Waals surface area contributed by atoms with Gasteiger partial charge in [-0.25, -0.2) is 4.98 Å². The third-order valence-corrected chi connectivity index (χ3v) is 3.20. The van der Waals surface area contributed by atoms with Gasteiger partial charge in [0.1, 0.15) is 5.82 Å². The van der Waals surface area contributed by atoms with Gasteiger partial charge in [-0.3, -0.25) is 0 Å². The molecule has 1 aliphatic rings. The van der Waals surface area contributed by atoms with Crippen LogP contribution in [0.25, 0.3) is 11.0 Å². The Hall–Kier alpha value is -1.39. The highest BCUT2D eigenvalue weighted by Gasteiger charge is 2.15. The maximum absolute atomic E-state index is 5.45. The fraction of sp³-hybridized carbons (Fsp3) is 0.462. The largest absolute Gasteiger partial charge is 0.379 e. The summed E-state index contributed by atoms with van der Waals surface area (Å²) >= 11 is 0. The third-order valence-electron chi connectivity index (χ3n) is 3.20. The number of morpholine rings is 1. The van der Waals surface area contributed by atoms with E-state index >= 15 is 0 Å². The highest BCUT2D eigenvalue weighted by atomic mass is 16.5. The van der Waals surface area contributed by atoms with Crippen LogP contribution in [0.5, 0.6) is 0 Å². The molecule has 0 spiro atoms. The number of benzene rings is 1. The van der Waals surface area contributed by atoms with E-state index in [1.165, 1.54) is 5.56 Å². The number of aromatic nitrogens is 2. The number of aromatic amines is 1. The van der Waals surface area contributed by atoms with E-state index in [-0.39, 0.29) is 0 Å². The lowest BCUT2D eigenvalue weighted by atomic mass is 10.2. The molecule has 2 N–H and O–H groups in total. The SMILES string of the molecule is Cc1cccc2[nH]c(CC3COCCN3)nc12. The van der Waals surface area contributed by atoms with Crippen molar-refractivity contribution in [2.24, 2.45) is 0 Å². The first-order valence-corrected chi connectivity index (χ1v) is 6.08. The number of aryl methyl sites for hydroxylation is 1. The molecular formula is C13H17N3O. The number of para-hydroxylation sites is 1. The molecule has 17 heavy (non-hydrogen) atoms. The summed E-state index contributed by atoms with van der Waals surface area (Å²) in [6, 6.07) is 6.60. The summed E-state index contributed by atoms with van der Waals surface area (Å²) in [7, 11) is 0. The topological polar surface area (TPSA) is 49.9 Å². The van der Waals surface area contributed by atoms with Crippen LogP contribution in [0.4, 0.5) is 0 Å². The lowest BCUT2D eigenvalue weighted by molar-refractivity contribution is 0.0765. The van der Waals surface area contributed by atoms with Crippen molar-refractivity contribution in [2.45, 2.75) is 19.4 Å². The molecule has 0 aliphatic carbocycles. The first-order valence-electron chi connectivity index (χ1n) is 6.08. The molecule has 4 nitrogen and oxygen atoms in total. The summed E-state index contributed by atoms with van der Waals surface area (Å²) in [5.41, 5.74) is 3.42. The first kappa shape index (κ1) is 10.7. The number of nitrogens with one attached hydrogen (secondary N) is 2. The second kappa shape index (κ2) is 4.47. The van der Waals surface area contributed by atoms with Gasteiger partial charge in [-0.15, -0.1) is 0 Å². The highest BCUT2D eigenvalue weighted by Crippen LogP contribution is 2.16. The summed E-state index contributed by atoms with van der Waals surface area (Å²) in [6.07, 6.45) is 0.897. The molecule has 90 valence electrons. The third kappa shape index (κ3) is 2.18. The molecule has 1 aromatic heterocycles. The molecule has 4 heteroatoms. The minimum Gasteiger partial charge on any atom is -0.379 e. The zero-order valence-electron chi connectivity index (χ0n) is 9.99. The van der Waals surface area contributed by atoms with E-state index < -0.39 is 0 Å². The molecule has 0 amide bonds. The number of imidazole rings is 1. The quantitative estimate of drug-likeness (QED) is 0.821. The molecule has 2 aromatic rings. The van der Waals surface area contributed by atoms with Crippen molar-refractivity contribution in [1.29, 1.82) is 0 Å². The predicted molar refractivity (Wildman–Crippen MR) is 67.1 cm³/mol. The zero-order valence-corrected chi connectivity index (χ0v) is 9.99. The van der Waals surface area contributed by atoms with E-state index in [0.717, 1.165) is 43.0 Å². The van der Waals surface area contributed by atoms with E-state index in [0.29, 0.717) is 6.04 Å². The van der Waals surface area contributed by atoms with Gasteiger partial charge in [0.15, 0.2) is 0 Å². The Balaban J connectivity index is 1.83. The normalized spacial score (nSPS) is 20.9. The molecule has 3 rings (SSSR count). The summed E-state index contributed by atoms with van der Waals surface area (Å²) in [6.45, 7) is 4.62. The fourth-order valence-electron chi connectivity index (χ4n) is 2.31. The van der Waals surface area contributed by atoms with Gasteiger partial charge in [0.2, 0.25) is 0 Å². The van der Waals surface area contributed by atoms with Crippen LogP contribution >= 0.6 is 0 Å². The maximum Gasteiger partial charge on any atom is 0.108 e. The van der Waals surface area contributed by atoms with Crippen molar-refractivity contribution in [3.63, 3.8) is 0 Å². The lowest BCUT2D eigenvalue weighted by Gasteiger charge is -2.22. The maximum atomic E-state index is 5.45. The second-order valence-electron chi connectivity index (χ2n) is 4.58. The highest BCUT2D eigenvalue weighted by molar-refractivity contribution is 5.78. The molecule has 0 saturated carbocycles. The summed E-state index contributed by atoms with van der Waals surface area (Å²) < 4.78 is 5.45. The van der Waals surface area contributed by atoms with Gasteiger partial charge < -0.3 is 15.0 Å². The molecular weight excluding hydrogens is 214 g/mol. The number of nitrogens with zero attached hydrogens (tertiary/aromatic N) is 1. The molecule has 1 aromatic carbocycles. The van der Waals surface area contributed by atoms with Crippen molar-refractivity contribution >= 4 is 11.0 Å². The van der Waals surface area contributed by atoms with Crippen LogP contribution in [0.3, 0.4) is 0 Å². The monoisotopic (exact) mass is 231 g/mol. The van der Waals surface area contributed by atoms with Crippen LogP contribution in [0, 0.1) is 6.92 Å². The van der Waals surface area contributed by atoms with Crippen LogP contribution in [0.2, 0.25) is 0 Å². The molecule has 0 bridgehead atoms. The average molecular weight is 231 g/mol. The minimum absolute atomic E-state index is 0.379. The van der Waals surface area contributed by atoms with Gasteiger partial charge in [-0.1, -0.05) is 12.1 Å². The Morgan fingerprint density at radius 1 is 1.47 bits per heavy atom. The van der Waals surface area contributed by atoms with E-state index in [1.54, 1.807) is 0 Å².